The molecule has 0 aliphatic carbocycles. The lowest BCUT2D eigenvalue weighted by atomic mass is 10.1. The van der Waals surface area contributed by atoms with Crippen LogP contribution < -0.4 is 19.6 Å². The molecule has 0 amide bonds. The Morgan fingerprint density at radius 3 is 2.84 bits per heavy atom. The summed E-state index contributed by atoms with van der Waals surface area (Å²) >= 11 is 0. The Kier molecular flexibility index (Phi) is 3.85. The molecule has 0 bridgehead atoms. The lowest BCUT2D eigenvalue weighted by molar-refractivity contribution is 0.174. The van der Waals surface area contributed by atoms with Crippen LogP contribution in [-0.2, 0) is 0 Å². The van der Waals surface area contributed by atoms with E-state index in [1.807, 2.05) is 49.4 Å². The molecular weight excluding hydrogens is 318 g/mol. The van der Waals surface area contributed by atoms with Gasteiger partial charge in [0.05, 0.1) is 24.5 Å². The van der Waals surface area contributed by atoms with E-state index in [1.54, 1.807) is 13.3 Å². The zero-order chi connectivity index (χ0) is 17.2. The highest BCUT2D eigenvalue weighted by molar-refractivity contribution is 5.94. The highest BCUT2D eigenvalue weighted by Gasteiger charge is 2.16. The van der Waals surface area contributed by atoms with E-state index in [0.717, 1.165) is 45.1 Å². The Morgan fingerprint density at radius 2 is 2.00 bits per heavy atom. The maximum absolute atomic E-state index is 5.46. The lowest BCUT2D eigenvalue weighted by Gasteiger charge is -2.08. The topological polar surface area (TPSA) is 65.0 Å². The fourth-order valence-corrected chi connectivity index (χ4v) is 2.74. The van der Waals surface area contributed by atoms with Crippen molar-refractivity contribution in [3.63, 3.8) is 0 Å². The number of hydrazone groups is 1. The van der Waals surface area contributed by atoms with Crippen LogP contribution in [0.2, 0.25) is 0 Å². The molecule has 126 valence electrons. The average Bonchev–Trinajstić information content (AvgIpc) is 3.07. The van der Waals surface area contributed by atoms with Gasteiger partial charge in [-0.05, 0) is 36.8 Å². The third-order valence-electron chi connectivity index (χ3n) is 3.92. The van der Waals surface area contributed by atoms with Gasteiger partial charge >= 0.3 is 0 Å². The van der Waals surface area contributed by atoms with Crippen LogP contribution in [0.15, 0.2) is 47.6 Å². The largest absolute Gasteiger partial charge is 0.497 e. The Balaban J connectivity index is 1.65. The lowest BCUT2D eigenvalue weighted by Crippen LogP contribution is -1.95. The number of nitrogens with one attached hydrogen (secondary N) is 1. The number of benzene rings is 2. The molecule has 1 N–H and O–H groups in total. The van der Waals surface area contributed by atoms with Crippen LogP contribution in [0.5, 0.6) is 17.2 Å². The maximum Gasteiger partial charge on any atom is 0.231 e. The number of aryl methyl sites for hydroxylation is 1. The number of fused-ring (bicyclic) bond motifs is 2. The van der Waals surface area contributed by atoms with Crippen molar-refractivity contribution >= 4 is 22.8 Å². The van der Waals surface area contributed by atoms with Crippen LogP contribution in [0, 0.1) is 6.92 Å². The van der Waals surface area contributed by atoms with Crippen LogP contribution in [0.4, 0.5) is 5.69 Å². The molecule has 0 spiro atoms. The highest BCUT2D eigenvalue weighted by Crippen LogP contribution is 2.38. The number of nitrogens with zero attached hydrogens (tertiary/aromatic N) is 2. The molecule has 0 fully saturated rings. The molecule has 3 aromatic rings. The Bertz CT molecular complexity index is 970. The van der Waals surface area contributed by atoms with E-state index in [0.29, 0.717) is 0 Å². The van der Waals surface area contributed by atoms with Gasteiger partial charge in [0.1, 0.15) is 5.75 Å². The molecule has 0 atom stereocenters. The summed E-state index contributed by atoms with van der Waals surface area (Å²) in [5.74, 6) is 2.23. The summed E-state index contributed by atoms with van der Waals surface area (Å²) in [4.78, 5) is 4.56. The maximum atomic E-state index is 5.46. The third kappa shape index (κ3) is 3.06. The predicted octanol–water partition coefficient (Wildman–Crippen LogP) is 3.73. The standard InChI is InChI=1S/C19H17N3O3/c1-12-6-17(22-20-10-13-4-3-5-14(7-13)23-2)15-8-18-19(25-11-24-18)9-16(15)21-12/h3-10H,11H2,1-2H3,(H,21,22)/b20-10-. The minimum atomic E-state index is 0.237. The van der Waals surface area contributed by atoms with E-state index in [4.69, 9.17) is 14.2 Å². The van der Waals surface area contributed by atoms with Crippen LogP contribution >= 0.6 is 0 Å². The quantitative estimate of drug-likeness (QED) is 0.581. The molecule has 1 aliphatic heterocycles. The van der Waals surface area contributed by atoms with Gasteiger partial charge in [0, 0.05) is 17.1 Å². The number of ether oxygens (including phenoxy) is 3. The van der Waals surface area contributed by atoms with Gasteiger partial charge in [-0.25, -0.2) is 0 Å². The van der Waals surface area contributed by atoms with Crippen molar-refractivity contribution in [3.8, 4) is 17.2 Å². The van der Waals surface area contributed by atoms with Crippen molar-refractivity contribution in [1.82, 2.24) is 4.98 Å². The van der Waals surface area contributed by atoms with E-state index < -0.39 is 0 Å². The summed E-state index contributed by atoms with van der Waals surface area (Å²) in [6.45, 7) is 2.18. The van der Waals surface area contributed by atoms with Gasteiger partial charge in [-0.3, -0.25) is 10.4 Å². The fourth-order valence-electron chi connectivity index (χ4n) is 2.74. The Labute approximate surface area is 145 Å². The van der Waals surface area contributed by atoms with Crippen LogP contribution in [-0.4, -0.2) is 25.1 Å². The minimum absolute atomic E-state index is 0.237. The second-order valence-electron chi connectivity index (χ2n) is 5.68. The van der Waals surface area contributed by atoms with E-state index >= 15 is 0 Å². The first-order chi connectivity index (χ1) is 12.2. The second-order valence-corrected chi connectivity index (χ2v) is 5.68. The number of hydrogen-bond donors (Lipinski definition) is 1. The Morgan fingerprint density at radius 1 is 1.16 bits per heavy atom. The number of anilines is 1. The van der Waals surface area contributed by atoms with Gasteiger partial charge < -0.3 is 14.2 Å². The van der Waals surface area contributed by atoms with Crippen molar-refractivity contribution in [2.75, 3.05) is 19.3 Å². The van der Waals surface area contributed by atoms with Gasteiger partial charge in [-0.1, -0.05) is 12.1 Å². The number of pyridine rings is 1. The summed E-state index contributed by atoms with van der Waals surface area (Å²) < 4.78 is 16.1. The molecular formula is C19H17N3O3. The minimum Gasteiger partial charge on any atom is -0.497 e. The van der Waals surface area contributed by atoms with Crippen molar-refractivity contribution in [3.05, 3.63) is 53.7 Å². The number of hydrogen-bond acceptors (Lipinski definition) is 6. The normalized spacial score (nSPS) is 12.7. The molecule has 1 aliphatic rings. The first-order valence-corrected chi connectivity index (χ1v) is 7.87. The highest BCUT2D eigenvalue weighted by atomic mass is 16.7. The molecule has 25 heavy (non-hydrogen) atoms. The predicted molar refractivity (Wildman–Crippen MR) is 96.8 cm³/mol. The Hall–Kier alpha value is -3.28. The van der Waals surface area contributed by atoms with Crippen LogP contribution in [0.3, 0.4) is 0 Å². The first-order valence-electron chi connectivity index (χ1n) is 7.87. The summed E-state index contributed by atoms with van der Waals surface area (Å²) in [5.41, 5.74) is 6.63. The molecule has 6 nitrogen and oxygen atoms in total. The fraction of sp³-hybridized carbons (Fsp3) is 0.158. The summed E-state index contributed by atoms with van der Waals surface area (Å²) in [5, 5.41) is 5.27. The van der Waals surface area contributed by atoms with E-state index in [1.165, 1.54) is 0 Å². The molecule has 0 radical (unpaired) electrons. The zero-order valence-corrected chi connectivity index (χ0v) is 13.9. The summed E-state index contributed by atoms with van der Waals surface area (Å²) in [7, 11) is 1.64. The van der Waals surface area contributed by atoms with E-state index in [2.05, 4.69) is 15.5 Å². The van der Waals surface area contributed by atoms with E-state index in [-0.39, 0.29) is 6.79 Å². The summed E-state index contributed by atoms with van der Waals surface area (Å²) in [6.07, 6.45) is 1.75. The van der Waals surface area contributed by atoms with Crippen molar-refractivity contribution in [2.24, 2.45) is 5.10 Å². The van der Waals surface area contributed by atoms with Gasteiger partial charge in [-0.2, -0.15) is 5.10 Å². The summed E-state index contributed by atoms with van der Waals surface area (Å²) in [6, 6.07) is 13.5. The number of rotatable bonds is 4. The van der Waals surface area contributed by atoms with Crippen molar-refractivity contribution in [2.45, 2.75) is 6.92 Å². The van der Waals surface area contributed by atoms with Crippen molar-refractivity contribution in [1.29, 1.82) is 0 Å². The van der Waals surface area contributed by atoms with E-state index in [9.17, 15) is 0 Å². The molecule has 0 saturated heterocycles. The third-order valence-corrected chi connectivity index (χ3v) is 3.92. The number of methoxy groups -OCH3 is 1. The van der Waals surface area contributed by atoms with Crippen LogP contribution in [0.25, 0.3) is 10.9 Å². The molecule has 0 unspecified atom stereocenters. The monoisotopic (exact) mass is 335 g/mol. The smallest absolute Gasteiger partial charge is 0.231 e. The van der Waals surface area contributed by atoms with Gasteiger partial charge in [0.2, 0.25) is 6.79 Å². The number of aromatic nitrogens is 1. The van der Waals surface area contributed by atoms with Gasteiger partial charge in [0.25, 0.3) is 0 Å². The SMILES string of the molecule is COc1cccc(/C=N\Nc2cc(C)nc3cc4c(cc23)OCO4)c1. The zero-order valence-electron chi connectivity index (χ0n) is 13.9. The molecule has 2 aromatic carbocycles. The molecule has 6 heteroatoms. The molecule has 1 aromatic heterocycles. The molecule has 0 saturated carbocycles. The van der Waals surface area contributed by atoms with Crippen LogP contribution in [0.1, 0.15) is 11.3 Å². The van der Waals surface area contributed by atoms with Gasteiger partial charge in [0.15, 0.2) is 11.5 Å². The second kappa shape index (κ2) is 6.32. The molecule has 4 rings (SSSR count). The first kappa shape index (κ1) is 15.3. The van der Waals surface area contributed by atoms with Crippen molar-refractivity contribution < 1.29 is 14.2 Å². The van der Waals surface area contributed by atoms with Gasteiger partial charge in [-0.15, -0.1) is 0 Å². The average molecular weight is 335 g/mol. The molecule has 2 heterocycles.